The molecular formula is C19H23N3OS. The van der Waals surface area contributed by atoms with Crippen LogP contribution in [0.3, 0.4) is 0 Å². The molecule has 1 aromatic carbocycles. The van der Waals surface area contributed by atoms with Crippen LogP contribution in [0, 0.1) is 0 Å². The van der Waals surface area contributed by atoms with Gasteiger partial charge in [-0.25, -0.2) is 4.98 Å². The number of rotatable bonds is 6. The van der Waals surface area contributed by atoms with E-state index < -0.39 is 0 Å². The van der Waals surface area contributed by atoms with Crippen molar-refractivity contribution >= 4 is 23.4 Å². The largest absolute Gasteiger partial charge is 0.325 e. The molecule has 0 aliphatic carbocycles. The van der Waals surface area contributed by atoms with E-state index >= 15 is 0 Å². The van der Waals surface area contributed by atoms with Crippen molar-refractivity contribution in [3.05, 3.63) is 54.2 Å². The smallest absolute Gasteiger partial charge is 0.237 e. The fourth-order valence-corrected chi connectivity index (χ4v) is 3.65. The second-order valence-corrected chi connectivity index (χ2v) is 7.42. The minimum absolute atomic E-state index is 0.0134. The zero-order valence-electron chi connectivity index (χ0n) is 13.9. The Labute approximate surface area is 147 Å². The number of amides is 1. The van der Waals surface area contributed by atoms with Crippen LogP contribution >= 0.6 is 11.8 Å². The van der Waals surface area contributed by atoms with Crippen molar-refractivity contribution in [3.8, 4) is 0 Å². The molecule has 2 aromatic rings. The van der Waals surface area contributed by atoms with E-state index in [1.807, 2.05) is 43.3 Å². The van der Waals surface area contributed by atoms with Gasteiger partial charge in [0, 0.05) is 18.4 Å². The number of carbonyl (C=O) groups excluding carboxylic acids is 1. The highest BCUT2D eigenvalue weighted by atomic mass is 32.2. The second kappa shape index (κ2) is 8.31. The van der Waals surface area contributed by atoms with Crippen molar-refractivity contribution in [1.29, 1.82) is 0 Å². The third-order valence-electron chi connectivity index (χ3n) is 4.17. The van der Waals surface area contributed by atoms with E-state index in [1.165, 1.54) is 30.2 Å². The lowest BCUT2D eigenvalue weighted by Crippen LogP contribution is -2.24. The van der Waals surface area contributed by atoms with Crippen LogP contribution in [0.4, 0.5) is 5.69 Å². The van der Waals surface area contributed by atoms with E-state index in [0.29, 0.717) is 0 Å². The number of hydrogen-bond donors (Lipinski definition) is 1. The lowest BCUT2D eigenvalue weighted by atomic mass is 10.1. The number of aromatic nitrogens is 1. The van der Waals surface area contributed by atoms with Gasteiger partial charge in [-0.05, 0) is 56.6 Å². The maximum Gasteiger partial charge on any atom is 0.237 e. The minimum Gasteiger partial charge on any atom is -0.325 e. The van der Waals surface area contributed by atoms with Crippen LogP contribution in [0.25, 0.3) is 0 Å². The molecule has 1 N–H and O–H groups in total. The summed E-state index contributed by atoms with van der Waals surface area (Å²) in [5.74, 6) is 0.0134. The van der Waals surface area contributed by atoms with E-state index in [0.717, 1.165) is 30.3 Å². The van der Waals surface area contributed by atoms with E-state index in [9.17, 15) is 4.79 Å². The van der Waals surface area contributed by atoms with Crippen molar-refractivity contribution in [1.82, 2.24) is 9.88 Å². The molecule has 1 aliphatic heterocycles. The third kappa shape index (κ3) is 4.58. The molecule has 4 nitrogen and oxygen atoms in total. The summed E-state index contributed by atoms with van der Waals surface area (Å²) in [5, 5.41) is 3.76. The molecule has 0 radical (unpaired) electrons. The first-order chi connectivity index (χ1) is 11.7. The molecule has 24 heavy (non-hydrogen) atoms. The third-order valence-corrected chi connectivity index (χ3v) is 5.22. The van der Waals surface area contributed by atoms with Gasteiger partial charge in [0.05, 0.1) is 10.3 Å². The Morgan fingerprint density at radius 2 is 1.96 bits per heavy atom. The van der Waals surface area contributed by atoms with Gasteiger partial charge in [0.1, 0.15) is 0 Å². The quantitative estimate of drug-likeness (QED) is 0.812. The van der Waals surface area contributed by atoms with Gasteiger partial charge in [0.25, 0.3) is 0 Å². The van der Waals surface area contributed by atoms with Gasteiger partial charge in [-0.3, -0.25) is 9.69 Å². The number of thioether (sulfide) groups is 1. The summed E-state index contributed by atoms with van der Waals surface area (Å²) in [7, 11) is 0. The summed E-state index contributed by atoms with van der Waals surface area (Å²) in [6, 6.07) is 13.8. The first-order valence-corrected chi connectivity index (χ1v) is 9.29. The van der Waals surface area contributed by atoms with Gasteiger partial charge in [-0.2, -0.15) is 0 Å². The normalized spacial score (nSPS) is 16.0. The molecule has 1 amide bonds. The summed E-state index contributed by atoms with van der Waals surface area (Å²) in [4.78, 5) is 19.2. The number of anilines is 1. The summed E-state index contributed by atoms with van der Waals surface area (Å²) in [6.45, 7) is 5.11. The van der Waals surface area contributed by atoms with E-state index in [1.54, 1.807) is 6.20 Å². The van der Waals surface area contributed by atoms with Crippen LogP contribution in [-0.2, 0) is 11.3 Å². The molecule has 1 fully saturated rings. The van der Waals surface area contributed by atoms with E-state index in [4.69, 9.17) is 0 Å². The van der Waals surface area contributed by atoms with Gasteiger partial charge in [0.2, 0.25) is 5.91 Å². The molecule has 3 rings (SSSR count). The van der Waals surface area contributed by atoms with Crippen LogP contribution < -0.4 is 5.32 Å². The maximum absolute atomic E-state index is 12.5. The van der Waals surface area contributed by atoms with Crippen LogP contribution in [0.1, 0.15) is 25.3 Å². The SMILES string of the molecule is C[C@H](Sc1ccccn1)C(=O)Nc1ccccc1CN1CCCC1. The van der Waals surface area contributed by atoms with Crippen LogP contribution in [0.15, 0.2) is 53.7 Å². The molecule has 0 spiro atoms. The Hall–Kier alpha value is -1.85. The topological polar surface area (TPSA) is 45.2 Å². The molecular weight excluding hydrogens is 318 g/mol. The van der Waals surface area contributed by atoms with E-state index in [2.05, 4.69) is 21.3 Å². The average Bonchev–Trinajstić information content (AvgIpc) is 3.10. The number of benzene rings is 1. The summed E-state index contributed by atoms with van der Waals surface area (Å²) < 4.78 is 0. The predicted molar refractivity (Wildman–Crippen MR) is 99.1 cm³/mol. The van der Waals surface area contributed by atoms with Crippen LogP contribution in [0.5, 0.6) is 0 Å². The number of carbonyl (C=O) groups is 1. The second-order valence-electron chi connectivity index (χ2n) is 6.06. The Balaban J connectivity index is 1.63. The van der Waals surface area contributed by atoms with Crippen molar-refractivity contribution < 1.29 is 4.79 Å². The van der Waals surface area contributed by atoms with Crippen LogP contribution in [-0.4, -0.2) is 34.1 Å². The highest BCUT2D eigenvalue weighted by molar-refractivity contribution is 8.00. The van der Waals surface area contributed by atoms with E-state index in [-0.39, 0.29) is 11.2 Å². The van der Waals surface area contributed by atoms with Gasteiger partial charge < -0.3 is 5.32 Å². The maximum atomic E-state index is 12.5. The Morgan fingerprint density at radius 1 is 1.21 bits per heavy atom. The summed E-state index contributed by atoms with van der Waals surface area (Å²) >= 11 is 1.48. The monoisotopic (exact) mass is 341 g/mol. The summed E-state index contributed by atoms with van der Waals surface area (Å²) in [6.07, 6.45) is 4.29. The van der Waals surface area contributed by atoms with Gasteiger partial charge in [-0.15, -0.1) is 0 Å². The number of hydrogen-bond acceptors (Lipinski definition) is 4. The average molecular weight is 341 g/mol. The number of pyridine rings is 1. The fourth-order valence-electron chi connectivity index (χ4n) is 2.85. The Kier molecular flexibility index (Phi) is 5.88. The molecule has 5 heteroatoms. The lowest BCUT2D eigenvalue weighted by molar-refractivity contribution is -0.115. The zero-order chi connectivity index (χ0) is 16.8. The van der Waals surface area contributed by atoms with Crippen molar-refractivity contribution in [2.45, 2.75) is 36.6 Å². The molecule has 2 heterocycles. The first kappa shape index (κ1) is 17.0. The molecule has 0 unspecified atom stereocenters. The number of para-hydroxylation sites is 1. The molecule has 1 aliphatic rings. The number of nitrogens with zero attached hydrogens (tertiary/aromatic N) is 2. The number of likely N-dealkylation sites (tertiary alicyclic amines) is 1. The van der Waals surface area contributed by atoms with Crippen molar-refractivity contribution in [2.24, 2.45) is 0 Å². The highest BCUT2D eigenvalue weighted by Crippen LogP contribution is 2.24. The fraction of sp³-hybridized carbons (Fsp3) is 0.368. The van der Waals surface area contributed by atoms with Crippen molar-refractivity contribution in [3.63, 3.8) is 0 Å². The van der Waals surface area contributed by atoms with Crippen molar-refractivity contribution in [2.75, 3.05) is 18.4 Å². The molecule has 1 aromatic heterocycles. The van der Waals surface area contributed by atoms with Gasteiger partial charge in [-0.1, -0.05) is 36.0 Å². The zero-order valence-corrected chi connectivity index (χ0v) is 14.8. The summed E-state index contributed by atoms with van der Waals surface area (Å²) in [5.41, 5.74) is 2.10. The standard InChI is InChI=1S/C19H23N3OS/c1-15(24-18-10-4-5-11-20-18)19(23)21-17-9-3-2-8-16(17)14-22-12-6-7-13-22/h2-5,8-11,15H,6-7,12-14H2,1H3,(H,21,23)/t15-/m0/s1. The predicted octanol–water partition coefficient (Wildman–Crippen LogP) is 3.80. The van der Waals surface area contributed by atoms with Crippen LogP contribution in [0.2, 0.25) is 0 Å². The molecule has 1 atom stereocenters. The molecule has 126 valence electrons. The molecule has 0 bridgehead atoms. The number of nitrogens with one attached hydrogen (secondary N) is 1. The lowest BCUT2D eigenvalue weighted by Gasteiger charge is -2.19. The van der Waals surface area contributed by atoms with Gasteiger partial charge >= 0.3 is 0 Å². The molecule has 1 saturated heterocycles. The molecule has 0 saturated carbocycles. The van der Waals surface area contributed by atoms with Gasteiger partial charge in [0.15, 0.2) is 0 Å². The highest BCUT2D eigenvalue weighted by Gasteiger charge is 2.18. The Morgan fingerprint density at radius 3 is 2.71 bits per heavy atom. The first-order valence-electron chi connectivity index (χ1n) is 8.41. The Bertz CT molecular complexity index is 671. The minimum atomic E-state index is -0.195.